The molecule has 2 N–H and O–H groups in total. The minimum atomic E-state index is -0.273. The molecule has 0 saturated heterocycles. The van der Waals surface area contributed by atoms with Crippen LogP contribution in [0.5, 0.6) is 0 Å². The first-order valence-electron chi connectivity index (χ1n) is 8.87. The van der Waals surface area contributed by atoms with Crippen molar-refractivity contribution < 1.29 is 9.90 Å². The summed E-state index contributed by atoms with van der Waals surface area (Å²) in [6, 6.07) is 13.2. The molecule has 1 amide bonds. The maximum Gasteiger partial charge on any atom is 0.222 e. The Bertz CT molecular complexity index is 889. The van der Waals surface area contributed by atoms with Gasteiger partial charge in [-0.1, -0.05) is 23.4 Å². The molecule has 1 aromatic carbocycles. The molecule has 1 atom stereocenters. The van der Waals surface area contributed by atoms with Crippen LogP contribution in [0.15, 0.2) is 48.7 Å². The maximum atomic E-state index is 12.5. The average Bonchev–Trinajstić information content (AvgIpc) is 3.06. The molecule has 7 heteroatoms. The van der Waals surface area contributed by atoms with Crippen molar-refractivity contribution in [3.8, 4) is 0 Å². The van der Waals surface area contributed by atoms with E-state index < -0.39 is 0 Å². The van der Waals surface area contributed by atoms with Crippen LogP contribution >= 0.6 is 0 Å². The van der Waals surface area contributed by atoms with Crippen LogP contribution in [-0.2, 0) is 11.3 Å². The van der Waals surface area contributed by atoms with Gasteiger partial charge < -0.3 is 10.4 Å². The molecule has 1 aliphatic rings. The van der Waals surface area contributed by atoms with Crippen molar-refractivity contribution >= 4 is 16.9 Å². The van der Waals surface area contributed by atoms with Crippen LogP contribution in [0.25, 0.3) is 11.0 Å². The van der Waals surface area contributed by atoms with Gasteiger partial charge in [0.2, 0.25) is 5.91 Å². The number of nitrogens with zero attached hydrogens (tertiary/aromatic N) is 4. The predicted octanol–water partition coefficient (Wildman–Crippen LogP) is 1.84. The zero-order chi connectivity index (χ0) is 17.9. The van der Waals surface area contributed by atoms with E-state index in [0.29, 0.717) is 25.8 Å². The average molecular weight is 351 g/mol. The number of rotatable bonds is 6. The smallest absolute Gasteiger partial charge is 0.222 e. The monoisotopic (exact) mass is 351 g/mol. The molecule has 1 aliphatic carbocycles. The third kappa shape index (κ3) is 3.43. The number of aliphatic hydroxyl groups is 1. The van der Waals surface area contributed by atoms with Gasteiger partial charge in [0.1, 0.15) is 5.52 Å². The van der Waals surface area contributed by atoms with Crippen molar-refractivity contribution in [1.29, 1.82) is 0 Å². The minimum Gasteiger partial charge on any atom is -0.393 e. The van der Waals surface area contributed by atoms with Gasteiger partial charge in [-0.2, -0.15) is 0 Å². The Hall–Kier alpha value is -2.80. The molecule has 3 aromatic rings. The number of aryl methyl sites for hydroxylation is 1. The summed E-state index contributed by atoms with van der Waals surface area (Å²) in [5.74, 6) is 0.165. The van der Waals surface area contributed by atoms with Gasteiger partial charge in [0.25, 0.3) is 0 Å². The first-order valence-corrected chi connectivity index (χ1v) is 8.87. The van der Waals surface area contributed by atoms with Crippen LogP contribution in [0.1, 0.15) is 31.0 Å². The lowest BCUT2D eigenvalue weighted by Crippen LogP contribution is -2.42. The summed E-state index contributed by atoms with van der Waals surface area (Å²) in [6.07, 6.45) is 3.14. The lowest BCUT2D eigenvalue weighted by molar-refractivity contribution is -0.123. The van der Waals surface area contributed by atoms with Gasteiger partial charge in [-0.25, -0.2) is 4.68 Å². The Morgan fingerprint density at radius 3 is 2.81 bits per heavy atom. The van der Waals surface area contributed by atoms with Gasteiger partial charge in [0.05, 0.1) is 29.9 Å². The molecule has 134 valence electrons. The van der Waals surface area contributed by atoms with Gasteiger partial charge >= 0.3 is 0 Å². The van der Waals surface area contributed by atoms with E-state index >= 15 is 0 Å². The summed E-state index contributed by atoms with van der Waals surface area (Å²) in [5.41, 5.74) is 2.58. The predicted molar refractivity (Wildman–Crippen MR) is 96.0 cm³/mol. The lowest BCUT2D eigenvalue weighted by atomic mass is 9.76. The number of pyridine rings is 1. The number of fused-ring (bicyclic) bond motifs is 1. The summed E-state index contributed by atoms with van der Waals surface area (Å²) in [6.45, 7) is 0.467. The van der Waals surface area contributed by atoms with E-state index in [4.69, 9.17) is 0 Å². The fraction of sp³-hybridized carbons (Fsp3) is 0.368. The van der Waals surface area contributed by atoms with Gasteiger partial charge in [-0.05, 0) is 43.0 Å². The van der Waals surface area contributed by atoms with Crippen LogP contribution in [0.4, 0.5) is 0 Å². The Balaban J connectivity index is 1.42. The Labute approximate surface area is 151 Å². The number of carbonyl (C=O) groups is 1. The van der Waals surface area contributed by atoms with Crippen LogP contribution in [-0.4, -0.2) is 37.1 Å². The van der Waals surface area contributed by atoms with Crippen molar-refractivity contribution in [2.75, 3.05) is 0 Å². The molecule has 0 aliphatic heterocycles. The van der Waals surface area contributed by atoms with Crippen LogP contribution < -0.4 is 5.32 Å². The number of nitrogens with one attached hydrogen (secondary N) is 1. The number of hydrogen-bond acceptors (Lipinski definition) is 5. The zero-order valence-corrected chi connectivity index (χ0v) is 14.3. The van der Waals surface area contributed by atoms with Crippen LogP contribution in [0.3, 0.4) is 0 Å². The minimum absolute atomic E-state index is 0.0541. The molecule has 1 fully saturated rings. The van der Waals surface area contributed by atoms with E-state index in [2.05, 4.69) is 20.6 Å². The molecular formula is C19H21N5O2. The first-order chi connectivity index (χ1) is 12.7. The topological polar surface area (TPSA) is 92.9 Å². The quantitative estimate of drug-likeness (QED) is 0.707. The molecular weight excluding hydrogens is 330 g/mol. The van der Waals surface area contributed by atoms with Crippen LogP contribution in [0, 0.1) is 5.92 Å². The molecule has 2 heterocycles. The highest BCUT2D eigenvalue weighted by Crippen LogP contribution is 2.37. The molecule has 1 saturated carbocycles. The third-order valence-corrected chi connectivity index (χ3v) is 4.91. The van der Waals surface area contributed by atoms with E-state index in [1.165, 1.54) is 0 Å². The van der Waals surface area contributed by atoms with E-state index in [1.54, 1.807) is 10.9 Å². The summed E-state index contributed by atoms with van der Waals surface area (Å²) in [7, 11) is 0. The number of amides is 1. The van der Waals surface area contributed by atoms with Gasteiger partial charge in [-0.3, -0.25) is 9.78 Å². The highest BCUT2D eigenvalue weighted by molar-refractivity contribution is 5.77. The number of carbonyl (C=O) groups excluding carboxylic acids is 1. The van der Waals surface area contributed by atoms with E-state index in [-0.39, 0.29) is 24.0 Å². The highest BCUT2D eigenvalue weighted by Gasteiger charge is 2.36. The molecule has 0 spiro atoms. The van der Waals surface area contributed by atoms with Gasteiger partial charge in [-0.15, -0.1) is 5.10 Å². The number of aliphatic hydroxyl groups excluding tert-OH is 1. The molecule has 0 radical (unpaired) electrons. The van der Waals surface area contributed by atoms with Gasteiger partial charge in [0.15, 0.2) is 0 Å². The van der Waals surface area contributed by atoms with Crippen LogP contribution in [0.2, 0.25) is 0 Å². The van der Waals surface area contributed by atoms with Gasteiger partial charge in [0, 0.05) is 12.6 Å². The third-order valence-electron chi connectivity index (χ3n) is 4.91. The fourth-order valence-electron chi connectivity index (χ4n) is 3.43. The van der Waals surface area contributed by atoms with Crippen molar-refractivity contribution in [2.24, 2.45) is 5.92 Å². The van der Waals surface area contributed by atoms with Crippen molar-refractivity contribution in [3.05, 3.63) is 54.4 Å². The Morgan fingerprint density at radius 2 is 2.04 bits per heavy atom. The molecule has 2 aromatic heterocycles. The maximum absolute atomic E-state index is 12.5. The fourth-order valence-corrected chi connectivity index (χ4v) is 3.43. The molecule has 26 heavy (non-hydrogen) atoms. The largest absolute Gasteiger partial charge is 0.393 e. The highest BCUT2D eigenvalue weighted by atomic mass is 16.3. The summed E-state index contributed by atoms with van der Waals surface area (Å²) < 4.78 is 1.75. The van der Waals surface area contributed by atoms with Crippen molar-refractivity contribution in [2.45, 2.75) is 38.0 Å². The number of para-hydroxylation sites is 1. The Kier molecular flexibility index (Phi) is 4.62. The summed E-state index contributed by atoms with van der Waals surface area (Å²) >= 11 is 0. The van der Waals surface area contributed by atoms with Crippen molar-refractivity contribution in [3.63, 3.8) is 0 Å². The molecule has 4 rings (SSSR count). The van der Waals surface area contributed by atoms with E-state index in [9.17, 15) is 9.90 Å². The Morgan fingerprint density at radius 1 is 1.23 bits per heavy atom. The normalized spacial score (nSPS) is 20.5. The number of aromatic nitrogens is 4. The standard InChI is InChI=1S/C19H21N5O2/c25-14-11-13(12-14)19(16-6-3-4-9-20-16)21-18(26)8-10-24-17-7-2-1-5-15(17)22-23-24/h1-7,9,13-14,19,25H,8,10-12H2,(H,21,26)/t13?,14?,19-/m1/s1. The number of benzene rings is 1. The second-order valence-corrected chi connectivity index (χ2v) is 6.74. The lowest BCUT2D eigenvalue weighted by Gasteiger charge is -2.37. The molecule has 0 unspecified atom stereocenters. The SMILES string of the molecule is O=C(CCn1nnc2ccccc21)N[C@@H](c1ccccn1)C1CC(O)C1. The van der Waals surface area contributed by atoms with Crippen molar-refractivity contribution in [1.82, 2.24) is 25.3 Å². The van der Waals surface area contributed by atoms with E-state index in [0.717, 1.165) is 16.7 Å². The molecule has 7 nitrogen and oxygen atoms in total. The summed E-state index contributed by atoms with van der Waals surface area (Å²) in [4.78, 5) is 16.9. The molecule has 0 bridgehead atoms. The second-order valence-electron chi connectivity index (χ2n) is 6.74. The second kappa shape index (κ2) is 7.21. The number of hydrogen-bond donors (Lipinski definition) is 2. The summed E-state index contributed by atoms with van der Waals surface area (Å²) in [5, 5.41) is 20.9. The first kappa shape index (κ1) is 16.7. The zero-order valence-electron chi connectivity index (χ0n) is 14.3. The van der Waals surface area contributed by atoms with E-state index in [1.807, 2.05) is 42.5 Å².